The summed E-state index contributed by atoms with van der Waals surface area (Å²) in [5.74, 6) is 0. The van der Waals surface area contributed by atoms with Crippen molar-refractivity contribution >= 4 is 73.0 Å². The fourth-order valence-corrected chi connectivity index (χ4v) is 9.51. The van der Waals surface area contributed by atoms with E-state index in [2.05, 4.69) is 264 Å². The molecule has 10 aromatic rings. The minimum Gasteiger partial charge on any atom is -0.310 e. The second-order valence-corrected chi connectivity index (χ2v) is 16.2. The molecule has 0 spiro atoms. The van der Waals surface area contributed by atoms with Crippen molar-refractivity contribution in [2.24, 2.45) is 0 Å². The summed E-state index contributed by atoms with van der Waals surface area (Å²) in [5, 5.41) is 2.42. The number of benzene rings is 9. The molecule has 0 N–H and O–H groups in total. The van der Waals surface area contributed by atoms with Crippen molar-refractivity contribution in [1.29, 1.82) is 0 Å². The molecule has 4 heteroatoms. The fourth-order valence-electron chi connectivity index (χ4n) is 9.51. The molecular formula is C57H44N4. The largest absolute Gasteiger partial charge is 0.310 e. The molecular weight excluding hydrogens is 741 g/mol. The second-order valence-electron chi connectivity index (χ2n) is 16.2. The summed E-state index contributed by atoms with van der Waals surface area (Å²) in [5.41, 5.74) is 15.9. The van der Waals surface area contributed by atoms with Gasteiger partial charge in [0, 0.05) is 50.3 Å². The standard InChI is InChI=1S/C57H44N4/c1-57(2)49-30-16-19-33-53(49)61(54-34-20-17-31-50(54)57)45-35-37-52-48(39-45)47-29-15-18-32-51(47)60(52)46-36-38-55(58(41-21-7-3-8-22-41)42-23-9-4-10-24-42)56(40-46)59(43-25-11-5-12-26-43)44-27-13-6-14-28-44/h3-40H,1-2H3. The summed E-state index contributed by atoms with van der Waals surface area (Å²) in [4.78, 5) is 7.20. The molecule has 11 rings (SSSR count). The number of rotatable bonds is 8. The molecule has 1 aliphatic heterocycles. The van der Waals surface area contributed by atoms with Crippen molar-refractivity contribution in [2.75, 3.05) is 14.7 Å². The van der Waals surface area contributed by atoms with E-state index >= 15 is 0 Å². The first-order valence-corrected chi connectivity index (χ1v) is 21.0. The van der Waals surface area contributed by atoms with Crippen LogP contribution in [0.15, 0.2) is 231 Å². The predicted octanol–water partition coefficient (Wildman–Crippen LogP) is 15.8. The fraction of sp³-hybridized carbons (Fsp3) is 0.0526. The van der Waals surface area contributed by atoms with Crippen LogP contribution in [0.2, 0.25) is 0 Å². The topological polar surface area (TPSA) is 14.7 Å². The first-order valence-electron chi connectivity index (χ1n) is 21.0. The summed E-state index contributed by atoms with van der Waals surface area (Å²) in [6.45, 7) is 4.68. The normalized spacial score (nSPS) is 12.9. The summed E-state index contributed by atoms with van der Waals surface area (Å²) in [7, 11) is 0. The number of anilines is 9. The van der Waals surface area contributed by atoms with Gasteiger partial charge in [0.05, 0.1) is 33.8 Å². The van der Waals surface area contributed by atoms with Gasteiger partial charge in [0.1, 0.15) is 0 Å². The maximum Gasteiger partial charge on any atom is 0.0723 e. The number of aromatic nitrogens is 1. The van der Waals surface area contributed by atoms with Crippen LogP contribution in [0.4, 0.5) is 51.2 Å². The monoisotopic (exact) mass is 784 g/mol. The Bertz CT molecular complexity index is 3040. The number of hydrogen-bond acceptors (Lipinski definition) is 3. The van der Waals surface area contributed by atoms with Crippen molar-refractivity contribution < 1.29 is 0 Å². The Balaban J connectivity index is 1.16. The molecule has 0 atom stereocenters. The molecule has 61 heavy (non-hydrogen) atoms. The van der Waals surface area contributed by atoms with E-state index in [1.165, 1.54) is 33.3 Å². The van der Waals surface area contributed by atoms with Crippen molar-refractivity contribution in [2.45, 2.75) is 19.3 Å². The van der Waals surface area contributed by atoms with Gasteiger partial charge in [-0.05, 0) is 114 Å². The molecule has 0 radical (unpaired) electrons. The van der Waals surface area contributed by atoms with E-state index in [0.717, 1.165) is 56.5 Å². The van der Waals surface area contributed by atoms with Gasteiger partial charge in [0.2, 0.25) is 0 Å². The third kappa shape index (κ3) is 6.07. The SMILES string of the molecule is CC1(C)c2ccccc2N(c2ccc3c(c2)c2ccccc2n3-c2ccc(N(c3ccccc3)c3ccccc3)c(N(c3ccccc3)c3ccccc3)c2)c2ccccc21. The van der Waals surface area contributed by atoms with Gasteiger partial charge in [0.25, 0.3) is 0 Å². The van der Waals surface area contributed by atoms with Crippen LogP contribution in [0, 0.1) is 0 Å². The van der Waals surface area contributed by atoms with Crippen LogP contribution in [0.3, 0.4) is 0 Å². The Labute approximate surface area is 357 Å². The highest BCUT2D eigenvalue weighted by Crippen LogP contribution is 2.53. The third-order valence-corrected chi connectivity index (χ3v) is 12.3. The van der Waals surface area contributed by atoms with Gasteiger partial charge in [-0.25, -0.2) is 0 Å². The molecule has 0 saturated carbocycles. The van der Waals surface area contributed by atoms with Gasteiger partial charge >= 0.3 is 0 Å². The minimum absolute atomic E-state index is 0.127. The third-order valence-electron chi connectivity index (χ3n) is 12.3. The van der Waals surface area contributed by atoms with Crippen molar-refractivity contribution in [1.82, 2.24) is 4.57 Å². The lowest BCUT2D eigenvalue weighted by Gasteiger charge is -2.42. The van der Waals surface area contributed by atoms with Gasteiger partial charge in [-0.1, -0.05) is 141 Å². The van der Waals surface area contributed by atoms with Gasteiger partial charge < -0.3 is 19.3 Å². The van der Waals surface area contributed by atoms with Crippen molar-refractivity contribution in [3.8, 4) is 5.69 Å². The van der Waals surface area contributed by atoms with Crippen LogP contribution in [0.25, 0.3) is 27.5 Å². The van der Waals surface area contributed by atoms with E-state index in [0.29, 0.717) is 0 Å². The highest BCUT2D eigenvalue weighted by atomic mass is 15.2. The minimum atomic E-state index is -0.127. The zero-order chi connectivity index (χ0) is 40.9. The first kappa shape index (κ1) is 36.3. The Hall–Kier alpha value is -7.82. The van der Waals surface area contributed by atoms with E-state index in [1.807, 2.05) is 0 Å². The van der Waals surface area contributed by atoms with Gasteiger partial charge in [-0.2, -0.15) is 0 Å². The van der Waals surface area contributed by atoms with Crippen LogP contribution >= 0.6 is 0 Å². The smallest absolute Gasteiger partial charge is 0.0723 e. The van der Waals surface area contributed by atoms with Crippen LogP contribution < -0.4 is 14.7 Å². The van der Waals surface area contributed by atoms with Crippen LogP contribution in [-0.2, 0) is 5.41 Å². The lowest BCUT2D eigenvalue weighted by atomic mass is 9.73. The molecule has 0 unspecified atom stereocenters. The van der Waals surface area contributed by atoms with E-state index in [9.17, 15) is 0 Å². The zero-order valence-corrected chi connectivity index (χ0v) is 34.2. The molecule has 0 aliphatic carbocycles. The summed E-state index contributed by atoms with van der Waals surface area (Å²) >= 11 is 0. The van der Waals surface area contributed by atoms with Gasteiger partial charge in [-0.3, -0.25) is 0 Å². The van der Waals surface area contributed by atoms with Crippen LogP contribution in [-0.4, -0.2) is 4.57 Å². The number of para-hydroxylation sites is 7. The maximum absolute atomic E-state index is 2.45. The Morgan fingerprint density at radius 2 is 0.770 bits per heavy atom. The molecule has 292 valence electrons. The summed E-state index contributed by atoms with van der Waals surface area (Å²) < 4.78 is 2.44. The highest BCUT2D eigenvalue weighted by Gasteiger charge is 2.36. The number of hydrogen-bond donors (Lipinski definition) is 0. The Morgan fingerprint density at radius 1 is 0.344 bits per heavy atom. The highest BCUT2D eigenvalue weighted by molar-refractivity contribution is 6.11. The Kier molecular flexibility index (Phi) is 8.79. The van der Waals surface area contributed by atoms with E-state index in [-0.39, 0.29) is 5.41 Å². The van der Waals surface area contributed by atoms with E-state index in [4.69, 9.17) is 0 Å². The molecule has 0 bridgehead atoms. The van der Waals surface area contributed by atoms with E-state index in [1.54, 1.807) is 0 Å². The summed E-state index contributed by atoms with van der Waals surface area (Å²) in [6, 6.07) is 83.3. The van der Waals surface area contributed by atoms with Crippen LogP contribution in [0.5, 0.6) is 0 Å². The molecule has 0 amide bonds. The lowest BCUT2D eigenvalue weighted by molar-refractivity contribution is 0.632. The first-order chi connectivity index (χ1) is 30.1. The number of fused-ring (bicyclic) bond motifs is 5. The molecule has 2 heterocycles. The second kappa shape index (κ2) is 14.8. The number of nitrogens with zero attached hydrogens (tertiary/aromatic N) is 4. The van der Waals surface area contributed by atoms with Crippen LogP contribution in [0.1, 0.15) is 25.0 Å². The molecule has 4 nitrogen and oxygen atoms in total. The van der Waals surface area contributed by atoms with Gasteiger partial charge in [0.15, 0.2) is 0 Å². The lowest BCUT2D eigenvalue weighted by Crippen LogP contribution is -2.30. The average molecular weight is 785 g/mol. The van der Waals surface area contributed by atoms with E-state index < -0.39 is 0 Å². The summed E-state index contributed by atoms with van der Waals surface area (Å²) in [6.07, 6.45) is 0. The molecule has 9 aromatic carbocycles. The zero-order valence-electron chi connectivity index (χ0n) is 34.2. The molecule has 0 saturated heterocycles. The molecule has 1 aromatic heterocycles. The quantitative estimate of drug-likeness (QED) is 0.153. The Morgan fingerprint density at radius 3 is 1.31 bits per heavy atom. The van der Waals surface area contributed by atoms with Crippen molar-refractivity contribution in [3.63, 3.8) is 0 Å². The molecule has 0 fully saturated rings. The van der Waals surface area contributed by atoms with Gasteiger partial charge in [-0.15, -0.1) is 0 Å². The predicted molar refractivity (Wildman–Crippen MR) is 257 cm³/mol. The molecule has 1 aliphatic rings. The van der Waals surface area contributed by atoms with Crippen molar-refractivity contribution in [3.05, 3.63) is 242 Å². The average Bonchev–Trinajstić information content (AvgIpc) is 3.65. The maximum atomic E-state index is 2.45.